The quantitative estimate of drug-likeness (QED) is 0.864. The zero-order chi connectivity index (χ0) is 17.2. The van der Waals surface area contributed by atoms with Crippen LogP contribution in [-0.4, -0.2) is 26.8 Å². The van der Waals surface area contributed by atoms with E-state index >= 15 is 0 Å². The van der Waals surface area contributed by atoms with Crippen molar-refractivity contribution in [3.63, 3.8) is 0 Å². The van der Waals surface area contributed by atoms with Crippen molar-refractivity contribution >= 4 is 17.5 Å². The number of rotatable bonds is 5. The molecule has 0 radical (unpaired) electrons. The van der Waals surface area contributed by atoms with Gasteiger partial charge >= 0.3 is 0 Å². The molecular weight excluding hydrogens is 330 g/mol. The summed E-state index contributed by atoms with van der Waals surface area (Å²) in [5.74, 6) is 0.557. The third-order valence-electron chi connectivity index (χ3n) is 4.32. The Morgan fingerprint density at radius 3 is 2.71 bits per heavy atom. The van der Waals surface area contributed by atoms with E-state index in [4.69, 9.17) is 16.1 Å². The van der Waals surface area contributed by atoms with Gasteiger partial charge in [0.15, 0.2) is 0 Å². The first-order valence-corrected chi connectivity index (χ1v) is 8.44. The second kappa shape index (κ2) is 6.91. The van der Waals surface area contributed by atoms with Crippen molar-refractivity contribution in [2.24, 2.45) is 0 Å². The van der Waals surface area contributed by atoms with E-state index in [1.807, 2.05) is 0 Å². The first-order valence-electron chi connectivity index (χ1n) is 8.06. The van der Waals surface area contributed by atoms with Crippen LogP contribution in [0.5, 0.6) is 0 Å². The topological polar surface area (TPSA) is 88.2 Å². The smallest absolute Gasteiger partial charge is 0.249 e. The second-order valence-electron chi connectivity index (χ2n) is 6.36. The van der Waals surface area contributed by atoms with Crippen molar-refractivity contribution in [2.45, 2.75) is 50.7 Å². The maximum atomic E-state index is 12.1. The van der Waals surface area contributed by atoms with Gasteiger partial charge in [-0.05, 0) is 44.0 Å². The monoisotopic (exact) mass is 349 g/mol. The summed E-state index contributed by atoms with van der Waals surface area (Å²) in [6.07, 6.45) is 3.39. The summed E-state index contributed by atoms with van der Waals surface area (Å²) in [4.78, 5) is 16.4. The van der Waals surface area contributed by atoms with Gasteiger partial charge in [-0.2, -0.15) is 4.98 Å². The van der Waals surface area contributed by atoms with E-state index in [-0.39, 0.29) is 12.3 Å². The van der Waals surface area contributed by atoms with Crippen LogP contribution in [0.25, 0.3) is 11.4 Å². The molecule has 6 nitrogen and oxygen atoms in total. The van der Waals surface area contributed by atoms with Crippen LogP contribution in [0.3, 0.4) is 0 Å². The second-order valence-corrected chi connectivity index (χ2v) is 6.80. The normalized spacial score (nSPS) is 17.6. The summed E-state index contributed by atoms with van der Waals surface area (Å²) in [5, 5.41) is 17.7. The Bertz CT molecular complexity index is 708. The first-order chi connectivity index (χ1) is 11.5. The lowest BCUT2D eigenvalue weighted by atomic mass is 9.97. The molecular formula is C17H20ClN3O3. The van der Waals surface area contributed by atoms with Gasteiger partial charge in [-0.25, -0.2) is 0 Å². The number of hydrogen-bond acceptors (Lipinski definition) is 5. The molecule has 1 aromatic carbocycles. The fraction of sp³-hybridized carbons (Fsp3) is 0.471. The van der Waals surface area contributed by atoms with Gasteiger partial charge in [0.05, 0.1) is 12.0 Å². The first kappa shape index (κ1) is 16.9. The van der Waals surface area contributed by atoms with Crippen molar-refractivity contribution in [1.82, 2.24) is 15.5 Å². The molecule has 2 N–H and O–H groups in total. The summed E-state index contributed by atoms with van der Waals surface area (Å²) >= 11 is 5.86. The average Bonchev–Trinajstić information content (AvgIpc) is 3.17. The van der Waals surface area contributed by atoms with Crippen molar-refractivity contribution in [3.05, 3.63) is 35.2 Å². The van der Waals surface area contributed by atoms with E-state index in [9.17, 15) is 9.90 Å². The number of benzene rings is 1. The summed E-state index contributed by atoms with van der Waals surface area (Å²) in [7, 11) is 0. The Kier molecular flexibility index (Phi) is 4.87. The predicted molar refractivity (Wildman–Crippen MR) is 89.3 cm³/mol. The molecule has 0 bridgehead atoms. The van der Waals surface area contributed by atoms with Gasteiger partial charge in [0.25, 0.3) is 0 Å². The minimum atomic E-state index is -0.868. The van der Waals surface area contributed by atoms with Gasteiger partial charge in [-0.3, -0.25) is 4.79 Å². The van der Waals surface area contributed by atoms with Gasteiger partial charge in [0.2, 0.25) is 17.6 Å². The van der Waals surface area contributed by atoms with Gasteiger partial charge in [-0.15, -0.1) is 0 Å². The highest BCUT2D eigenvalue weighted by Crippen LogP contribution is 2.32. The maximum Gasteiger partial charge on any atom is 0.249 e. The molecule has 1 atom stereocenters. The Labute approximate surface area is 145 Å². The molecule has 1 saturated carbocycles. The molecule has 1 fully saturated rings. The number of aromatic nitrogens is 2. The van der Waals surface area contributed by atoms with Crippen LogP contribution in [0.1, 0.15) is 51.0 Å². The number of nitrogens with one attached hydrogen (secondary N) is 1. The molecule has 0 spiro atoms. The van der Waals surface area contributed by atoms with Crippen LogP contribution in [0.4, 0.5) is 0 Å². The summed E-state index contributed by atoms with van der Waals surface area (Å²) in [6, 6.07) is 6.68. The molecule has 7 heteroatoms. The van der Waals surface area contributed by atoms with Gasteiger partial charge in [0, 0.05) is 10.6 Å². The molecule has 1 aromatic heterocycles. The molecule has 1 amide bonds. The Morgan fingerprint density at radius 2 is 2.04 bits per heavy atom. The SMILES string of the molecule is CC(NC(=O)CC1(O)CCCC1)c1nc(-c2ccc(Cl)cc2)no1. The lowest BCUT2D eigenvalue weighted by Crippen LogP contribution is -2.35. The highest BCUT2D eigenvalue weighted by atomic mass is 35.5. The van der Waals surface area contributed by atoms with Crippen LogP contribution in [0, 0.1) is 0 Å². The maximum absolute atomic E-state index is 12.1. The zero-order valence-electron chi connectivity index (χ0n) is 13.5. The summed E-state index contributed by atoms with van der Waals surface area (Å²) in [6.45, 7) is 1.77. The van der Waals surface area contributed by atoms with E-state index in [2.05, 4.69) is 15.5 Å². The number of amides is 1. The molecule has 1 aliphatic carbocycles. The van der Waals surface area contributed by atoms with Crippen molar-refractivity contribution < 1.29 is 14.4 Å². The average molecular weight is 350 g/mol. The summed E-state index contributed by atoms with van der Waals surface area (Å²) < 4.78 is 5.24. The molecule has 3 rings (SSSR count). The number of carbonyl (C=O) groups is 1. The van der Waals surface area contributed by atoms with Gasteiger partial charge in [0.1, 0.15) is 6.04 Å². The molecule has 1 aliphatic rings. The van der Waals surface area contributed by atoms with Crippen LogP contribution in [0.2, 0.25) is 5.02 Å². The molecule has 128 valence electrons. The van der Waals surface area contributed by atoms with Crippen LogP contribution in [-0.2, 0) is 4.79 Å². The largest absolute Gasteiger partial charge is 0.389 e. The predicted octanol–water partition coefficient (Wildman–Crippen LogP) is 3.26. The third-order valence-corrected chi connectivity index (χ3v) is 4.57. The molecule has 2 aromatic rings. The van der Waals surface area contributed by atoms with E-state index in [0.29, 0.717) is 29.6 Å². The lowest BCUT2D eigenvalue weighted by Gasteiger charge is -2.21. The van der Waals surface area contributed by atoms with Crippen LogP contribution < -0.4 is 5.32 Å². The Balaban J connectivity index is 1.62. The van der Waals surface area contributed by atoms with Crippen LogP contribution in [0.15, 0.2) is 28.8 Å². The van der Waals surface area contributed by atoms with E-state index in [1.54, 1.807) is 31.2 Å². The third kappa shape index (κ3) is 3.94. The minimum absolute atomic E-state index is 0.107. The minimum Gasteiger partial charge on any atom is -0.389 e. The number of halogens is 1. The fourth-order valence-corrected chi connectivity index (χ4v) is 3.12. The van der Waals surface area contributed by atoms with Crippen molar-refractivity contribution in [2.75, 3.05) is 0 Å². The van der Waals surface area contributed by atoms with Crippen LogP contribution >= 0.6 is 11.6 Å². The van der Waals surface area contributed by atoms with E-state index < -0.39 is 11.6 Å². The summed E-state index contributed by atoms with van der Waals surface area (Å²) in [5.41, 5.74) is -0.0826. The Morgan fingerprint density at radius 1 is 1.38 bits per heavy atom. The molecule has 0 aliphatic heterocycles. The molecule has 1 heterocycles. The highest BCUT2D eigenvalue weighted by Gasteiger charge is 2.34. The standard InChI is InChI=1S/C17H20ClN3O3/c1-11(19-14(22)10-17(23)8-2-3-9-17)16-20-15(21-24-16)12-4-6-13(18)7-5-12/h4-7,11,23H,2-3,8-10H2,1H3,(H,19,22). The number of aliphatic hydroxyl groups is 1. The van der Waals surface area contributed by atoms with Gasteiger partial charge < -0.3 is 14.9 Å². The molecule has 1 unspecified atom stereocenters. The lowest BCUT2D eigenvalue weighted by molar-refractivity contribution is -0.126. The van der Waals surface area contributed by atoms with Gasteiger partial charge in [-0.1, -0.05) is 29.6 Å². The molecule has 24 heavy (non-hydrogen) atoms. The highest BCUT2D eigenvalue weighted by molar-refractivity contribution is 6.30. The van der Waals surface area contributed by atoms with Crippen molar-refractivity contribution in [1.29, 1.82) is 0 Å². The Hall–Kier alpha value is -1.92. The number of hydrogen-bond donors (Lipinski definition) is 2. The fourth-order valence-electron chi connectivity index (χ4n) is 2.99. The van der Waals surface area contributed by atoms with E-state index in [1.165, 1.54) is 0 Å². The molecule has 0 saturated heterocycles. The number of carbonyl (C=O) groups excluding carboxylic acids is 1. The van der Waals surface area contributed by atoms with E-state index in [0.717, 1.165) is 18.4 Å². The number of nitrogens with zero attached hydrogens (tertiary/aromatic N) is 2. The zero-order valence-corrected chi connectivity index (χ0v) is 14.2. The van der Waals surface area contributed by atoms with Crippen molar-refractivity contribution in [3.8, 4) is 11.4 Å².